The minimum atomic E-state index is 0.211. The summed E-state index contributed by atoms with van der Waals surface area (Å²) in [4.78, 5) is 11.9. The lowest BCUT2D eigenvalue weighted by Crippen LogP contribution is -2.02. The van der Waals surface area contributed by atoms with E-state index in [9.17, 15) is 4.79 Å². The maximum atomic E-state index is 11.9. The summed E-state index contributed by atoms with van der Waals surface area (Å²) in [5.74, 6) is 2.56. The minimum Gasteiger partial charge on any atom is -0.293 e. The van der Waals surface area contributed by atoms with Crippen LogP contribution in [0.5, 0.6) is 0 Å². The molecule has 16 heavy (non-hydrogen) atoms. The number of hydrogen-bond donors (Lipinski definition) is 0. The third-order valence-corrected chi connectivity index (χ3v) is 5.36. The van der Waals surface area contributed by atoms with Crippen molar-refractivity contribution in [2.45, 2.75) is 20.3 Å². The molecule has 1 nitrogen and oxygen atoms in total. The Bertz CT molecular complexity index is 361. The second-order valence-corrected chi connectivity index (χ2v) is 8.75. The van der Waals surface area contributed by atoms with E-state index in [4.69, 9.17) is 0 Å². The van der Waals surface area contributed by atoms with Gasteiger partial charge >= 0.3 is 0 Å². The number of halogens is 2. The number of thiophene rings is 1. The van der Waals surface area contributed by atoms with Crippen LogP contribution in [0.3, 0.4) is 0 Å². The van der Waals surface area contributed by atoms with Gasteiger partial charge in [-0.15, -0.1) is 11.3 Å². The zero-order valence-electron chi connectivity index (χ0n) is 9.26. The molecule has 0 aliphatic rings. The summed E-state index contributed by atoms with van der Waals surface area (Å²) in [6.07, 6.45) is 1.17. The van der Waals surface area contributed by atoms with Crippen molar-refractivity contribution in [3.8, 4) is 0 Å². The lowest BCUT2D eigenvalue weighted by Gasteiger charge is -2.03. The Labute approximate surface area is 122 Å². The molecule has 0 amide bonds. The number of carbonyl (C=O) groups excluding carboxylic acids is 1. The Hall–Kier alpha value is 0.680. The van der Waals surface area contributed by atoms with Crippen molar-refractivity contribution in [2.24, 2.45) is 5.92 Å². The molecule has 5 heteroatoms. The van der Waals surface area contributed by atoms with Crippen molar-refractivity contribution in [2.75, 3.05) is 11.5 Å². The molecule has 90 valence electrons. The molecule has 0 N–H and O–H groups in total. The fraction of sp³-hybridized carbons (Fsp3) is 0.545. The number of rotatable bonds is 6. The van der Waals surface area contributed by atoms with Crippen LogP contribution in [0.2, 0.25) is 0 Å². The van der Waals surface area contributed by atoms with Crippen molar-refractivity contribution in [1.29, 1.82) is 0 Å². The highest BCUT2D eigenvalue weighted by atomic mass is 79.9. The summed E-state index contributed by atoms with van der Waals surface area (Å²) in [6, 6.07) is 1.89. The Morgan fingerprint density at radius 1 is 1.50 bits per heavy atom. The average molecular weight is 386 g/mol. The van der Waals surface area contributed by atoms with Gasteiger partial charge in [0.25, 0.3) is 0 Å². The minimum absolute atomic E-state index is 0.211. The molecule has 0 spiro atoms. The van der Waals surface area contributed by atoms with Crippen LogP contribution in [0.15, 0.2) is 13.6 Å². The van der Waals surface area contributed by atoms with Gasteiger partial charge in [-0.25, -0.2) is 0 Å². The summed E-state index contributed by atoms with van der Waals surface area (Å²) in [5, 5.41) is 0. The lowest BCUT2D eigenvalue weighted by atomic mass is 10.2. The van der Waals surface area contributed by atoms with Crippen LogP contribution in [0.25, 0.3) is 0 Å². The van der Waals surface area contributed by atoms with Gasteiger partial charge < -0.3 is 0 Å². The molecule has 0 saturated heterocycles. The van der Waals surface area contributed by atoms with Gasteiger partial charge in [-0.2, -0.15) is 11.8 Å². The lowest BCUT2D eigenvalue weighted by molar-refractivity contribution is 0.102. The molecule has 0 bridgehead atoms. The van der Waals surface area contributed by atoms with Gasteiger partial charge in [0.15, 0.2) is 5.78 Å². The van der Waals surface area contributed by atoms with Crippen molar-refractivity contribution in [3.05, 3.63) is 19.2 Å². The van der Waals surface area contributed by atoms with Crippen molar-refractivity contribution >= 4 is 60.7 Å². The number of carbonyl (C=O) groups is 1. The molecule has 0 radical (unpaired) electrons. The van der Waals surface area contributed by atoms with E-state index in [2.05, 4.69) is 45.7 Å². The predicted molar refractivity (Wildman–Crippen MR) is 80.8 cm³/mol. The van der Waals surface area contributed by atoms with Gasteiger partial charge in [-0.1, -0.05) is 13.8 Å². The Balaban J connectivity index is 2.38. The van der Waals surface area contributed by atoms with E-state index >= 15 is 0 Å². The SMILES string of the molecule is CC(C)CCSCC(=O)c1cc(Br)sc1Br. The van der Waals surface area contributed by atoms with Crippen LogP contribution in [0.1, 0.15) is 30.6 Å². The van der Waals surface area contributed by atoms with E-state index in [1.165, 1.54) is 6.42 Å². The second kappa shape index (κ2) is 7.19. The molecule has 1 aromatic heterocycles. The molecular weight excluding hydrogens is 372 g/mol. The fourth-order valence-corrected chi connectivity index (χ4v) is 5.07. The summed E-state index contributed by atoms with van der Waals surface area (Å²) < 4.78 is 1.92. The largest absolute Gasteiger partial charge is 0.293 e. The van der Waals surface area contributed by atoms with Crippen LogP contribution in [-0.2, 0) is 0 Å². The van der Waals surface area contributed by atoms with Gasteiger partial charge in [0.2, 0.25) is 0 Å². The standard InChI is InChI=1S/C11H14Br2OS2/c1-7(2)3-4-15-6-9(14)8-5-10(12)16-11(8)13/h5,7H,3-4,6H2,1-2H3. The third-order valence-electron chi connectivity index (χ3n) is 2.03. The number of Topliss-reactive ketones (excluding diaryl/α,β-unsaturated/α-hetero) is 1. The zero-order chi connectivity index (χ0) is 12.1. The molecule has 0 atom stereocenters. The molecule has 1 heterocycles. The first-order valence-electron chi connectivity index (χ1n) is 5.06. The summed E-state index contributed by atoms with van der Waals surface area (Å²) >= 11 is 10.1. The molecule has 0 aliphatic heterocycles. The molecule has 0 aromatic carbocycles. The quantitative estimate of drug-likeness (QED) is 0.492. The monoisotopic (exact) mass is 384 g/mol. The van der Waals surface area contributed by atoms with Gasteiger partial charge in [0.1, 0.15) is 0 Å². The molecule has 1 aromatic rings. The van der Waals surface area contributed by atoms with Crippen LogP contribution in [0, 0.1) is 5.92 Å². The molecule has 0 aliphatic carbocycles. The van der Waals surface area contributed by atoms with E-state index in [0.29, 0.717) is 11.7 Å². The van der Waals surface area contributed by atoms with Gasteiger partial charge in [-0.05, 0) is 56.0 Å². The molecule has 1 rings (SSSR count). The fourth-order valence-electron chi connectivity index (χ4n) is 1.09. The van der Waals surface area contributed by atoms with Crippen LogP contribution in [0.4, 0.5) is 0 Å². The first kappa shape index (κ1) is 14.7. The van der Waals surface area contributed by atoms with E-state index in [1.807, 2.05) is 6.07 Å². The zero-order valence-corrected chi connectivity index (χ0v) is 14.1. The van der Waals surface area contributed by atoms with Crippen molar-refractivity contribution in [3.63, 3.8) is 0 Å². The number of hydrogen-bond acceptors (Lipinski definition) is 3. The topological polar surface area (TPSA) is 17.1 Å². The van der Waals surface area contributed by atoms with E-state index in [0.717, 1.165) is 18.9 Å². The molecule has 0 fully saturated rings. The van der Waals surface area contributed by atoms with Crippen LogP contribution in [-0.4, -0.2) is 17.3 Å². The Morgan fingerprint density at radius 3 is 2.69 bits per heavy atom. The van der Waals surface area contributed by atoms with E-state index in [1.54, 1.807) is 23.1 Å². The number of thioether (sulfide) groups is 1. The van der Waals surface area contributed by atoms with Gasteiger partial charge in [0.05, 0.1) is 13.3 Å². The highest BCUT2D eigenvalue weighted by Crippen LogP contribution is 2.32. The number of ketones is 1. The predicted octanol–water partition coefficient (Wildman–Crippen LogP) is 5.24. The third kappa shape index (κ3) is 4.90. The Kier molecular flexibility index (Phi) is 6.62. The van der Waals surface area contributed by atoms with Crippen molar-refractivity contribution < 1.29 is 4.79 Å². The van der Waals surface area contributed by atoms with Crippen LogP contribution < -0.4 is 0 Å². The highest BCUT2D eigenvalue weighted by Gasteiger charge is 2.13. The first-order valence-corrected chi connectivity index (χ1v) is 8.62. The van der Waals surface area contributed by atoms with Gasteiger partial charge in [0, 0.05) is 5.56 Å². The molecule has 0 saturated carbocycles. The smallest absolute Gasteiger partial charge is 0.174 e. The molecule has 0 unspecified atom stereocenters. The van der Waals surface area contributed by atoms with Crippen LogP contribution >= 0.6 is 55.0 Å². The van der Waals surface area contributed by atoms with Crippen molar-refractivity contribution in [1.82, 2.24) is 0 Å². The second-order valence-electron chi connectivity index (χ2n) is 3.90. The maximum Gasteiger partial charge on any atom is 0.174 e. The first-order chi connectivity index (χ1) is 7.50. The van der Waals surface area contributed by atoms with E-state index in [-0.39, 0.29) is 5.78 Å². The summed E-state index contributed by atoms with van der Waals surface area (Å²) in [6.45, 7) is 4.41. The summed E-state index contributed by atoms with van der Waals surface area (Å²) in [7, 11) is 0. The average Bonchev–Trinajstić information content (AvgIpc) is 2.52. The highest BCUT2D eigenvalue weighted by molar-refractivity contribution is 9.12. The van der Waals surface area contributed by atoms with Gasteiger partial charge in [-0.3, -0.25) is 4.79 Å². The maximum absolute atomic E-state index is 11.9. The Morgan fingerprint density at radius 2 is 2.19 bits per heavy atom. The summed E-state index contributed by atoms with van der Waals surface area (Å²) in [5.41, 5.74) is 0.800. The normalized spacial score (nSPS) is 11.1. The van der Waals surface area contributed by atoms with E-state index < -0.39 is 0 Å². The molecular formula is C11H14Br2OS2.